The Morgan fingerprint density at radius 3 is 2.78 bits per heavy atom. The lowest BCUT2D eigenvalue weighted by molar-refractivity contribution is -0.140. The Bertz CT molecular complexity index is 1080. The molecule has 1 aliphatic heterocycles. The zero-order valence-electron chi connectivity index (χ0n) is 18.7. The van der Waals surface area contributed by atoms with Crippen molar-refractivity contribution in [2.45, 2.75) is 32.2 Å². The normalized spacial score (nSPS) is 17.2. The molecule has 7 nitrogen and oxygen atoms in total. The lowest BCUT2D eigenvalue weighted by atomic mass is 9.98. The topological polar surface area (TPSA) is 75.9 Å². The molecule has 1 fully saturated rings. The summed E-state index contributed by atoms with van der Waals surface area (Å²) >= 11 is 0. The van der Waals surface area contributed by atoms with Crippen LogP contribution in [-0.4, -0.2) is 57.9 Å². The van der Waals surface area contributed by atoms with E-state index in [4.69, 9.17) is 4.74 Å². The van der Waals surface area contributed by atoms with E-state index in [1.807, 2.05) is 51.9 Å². The van der Waals surface area contributed by atoms with E-state index in [1.165, 1.54) is 5.56 Å². The number of carbonyl (C=O) groups is 2. The summed E-state index contributed by atoms with van der Waals surface area (Å²) in [5, 5.41) is 2.92. The van der Waals surface area contributed by atoms with Crippen molar-refractivity contribution in [3.63, 3.8) is 0 Å². The number of hydrogen-bond acceptors (Lipinski definition) is 4. The molecule has 4 rings (SSSR count). The molecule has 32 heavy (non-hydrogen) atoms. The second-order valence-electron chi connectivity index (χ2n) is 8.96. The Labute approximate surface area is 188 Å². The fourth-order valence-electron chi connectivity index (χ4n) is 4.23. The average molecular weight is 435 g/mol. The fraction of sp³-hybridized carbons (Fsp3) is 0.400. The lowest BCUT2D eigenvalue weighted by Crippen LogP contribution is -2.57. The molecule has 7 heteroatoms. The van der Waals surface area contributed by atoms with Crippen LogP contribution in [0.1, 0.15) is 25.0 Å². The van der Waals surface area contributed by atoms with Crippen LogP contribution < -0.4 is 5.32 Å². The molecule has 1 aromatic carbocycles. The number of rotatable bonds is 6. The number of ether oxygens (including phenoxy) is 1. The Hall–Kier alpha value is -3.19. The van der Waals surface area contributed by atoms with E-state index >= 15 is 0 Å². The van der Waals surface area contributed by atoms with Crippen LogP contribution in [0.3, 0.4) is 0 Å². The van der Waals surface area contributed by atoms with E-state index in [1.54, 1.807) is 20.0 Å². The Morgan fingerprint density at radius 2 is 1.97 bits per heavy atom. The molecule has 168 valence electrons. The predicted molar refractivity (Wildman–Crippen MR) is 122 cm³/mol. The fourth-order valence-corrected chi connectivity index (χ4v) is 4.23. The van der Waals surface area contributed by atoms with Crippen molar-refractivity contribution in [1.82, 2.24) is 19.6 Å². The molecule has 3 aromatic rings. The summed E-state index contributed by atoms with van der Waals surface area (Å²) in [5.41, 5.74) is 2.02. The van der Waals surface area contributed by atoms with Crippen molar-refractivity contribution >= 4 is 17.5 Å². The quantitative estimate of drug-likeness (QED) is 0.647. The van der Waals surface area contributed by atoms with Gasteiger partial charge in [-0.15, -0.1) is 0 Å². The second-order valence-corrected chi connectivity index (χ2v) is 8.96. The second kappa shape index (κ2) is 9.53. The molecule has 1 atom stereocenters. The maximum Gasteiger partial charge on any atom is 0.247 e. The standard InChI is InChI=1S/C25H30N4O3/c1-25(2,27-23(30)15-19-6-4-3-5-7-19)24(31)29-12-13-32-18-21(17-29)14-20-8-9-22-26-10-11-28(22)16-20/h3-11,16,21H,12-15,17-18H2,1-2H3,(H,27,30)/t21-/m0/s1. The number of amides is 2. The van der Waals surface area contributed by atoms with Crippen LogP contribution in [0.15, 0.2) is 61.1 Å². The average Bonchev–Trinajstić information content (AvgIpc) is 3.11. The van der Waals surface area contributed by atoms with Crippen LogP contribution in [0, 0.1) is 5.92 Å². The third-order valence-corrected chi connectivity index (χ3v) is 5.79. The molecule has 3 heterocycles. The van der Waals surface area contributed by atoms with Crippen LogP contribution in [0.25, 0.3) is 5.65 Å². The van der Waals surface area contributed by atoms with Crippen LogP contribution in [0.4, 0.5) is 0 Å². The van der Waals surface area contributed by atoms with Gasteiger partial charge in [-0.25, -0.2) is 4.98 Å². The molecular formula is C25H30N4O3. The molecule has 2 amide bonds. The number of nitrogens with one attached hydrogen (secondary N) is 1. The molecule has 0 unspecified atom stereocenters. The largest absolute Gasteiger partial charge is 0.379 e. The van der Waals surface area contributed by atoms with Gasteiger partial charge in [-0.1, -0.05) is 36.4 Å². The van der Waals surface area contributed by atoms with Gasteiger partial charge in [0, 0.05) is 37.6 Å². The Balaban J connectivity index is 1.39. The summed E-state index contributed by atoms with van der Waals surface area (Å²) in [4.78, 5) is 32.0. The molecule has 1 N–H and O–H groups in total. The van der Waals surface area contributed by atoms with Gasteiger partial charge >= 0.3 is 0 Å². The molecule has 1 saturated heterocycles. The molecule has 2 aromatic heterocycles. The predicted octanol–water partition coefficient (Wildman–Crippen LogP) is 2.49. The van der Waals surface area contributed by atoms with E-state index < -0.39 is 5.54 Å². The molecular weight excluding hydrogens is 404 g/mol. The number of hydrogen-bond donors (Lipinski definition) is 1. The van der Waals surface area contributed by atoms with Crippen molar-refractivity contribution < 1.29 is 14.3 Å². The van der Waals surface area contributed by atoms with Crippen molar-refractivity contribution in [1.29, 1.82) is 0 Å². The van der Waals surface area contributed by atoms with E-state index in [0.717, 1.165) is 17.6 Å². The lowest BCUT2D eigenvalue weighted by Gasteiger charge is -2.33. The van der Waals surface area contributed by atoms with Crippen molar-refractivity contribution in [2.24, 2.45) is 5.92 Å². The third-order valence-electron chi connectivity index (χ3n) is 5.79. The van der Waals surface area contributed by atoms with E-state index in [-0.39, 0.29) is 24.2 Å². The summed E-state index contributed by atoms with van der Waals surface area (Å²) in [7, 11) is 0. The molecule has 0 aliphatic carbocycles. The molecule has 0 bridgehead atoms. The molecule has 0 spiro atoms. The van der Waals surface area contributed by atoms with Gasteiger partial charge < -0.3 is 19.4 Å². The number of imidazole rings is 1. The zero-order chi connectivity index (χ0) is 22.6. The first-order valence-electron chi connectivity index (χ1n) is 11.0. The van der Waals surface area contributed by atoms with Crippen LogP contribution in [0.5, 0.6) is 0 Å². The van der Waals surface area contributed by atoms with Crippen molar-refractivity contribution in [3.8, 4) is 0 Å². The van der Waals surface area contributed by atoms with Crippen molar-refractivity contribution in [3.05, 3.63) is 72.2 Å². The third kappa shape index (κ3) is 5.34. The highest BCUT2D eigenvalue weighted by Gasteiger charge is 2.35. The molecule has 0 radical (unpaired) electrons. The van der Waals surface area contributed by atoms with E-state index in [0.29, 0.717) is 26.3 Å². The first-order chi connectivity index (χ1) is 15.4. The van der Waals surface area contributed by atoms with Crippen molar-refractivity contribution in [2.75, 3.05) is 26.3 Å². The number of nitrogens with zero attached hydrogens (tertiary/aromatic N) is 3. The van der Waals surface area contributed by atoms with Crippen LogP contribution in [0.2, 0.25) is 0 Å². The monoisotopic (exact) mass is 434 g/mol. The summed E-state index contributed by atoms with van der Waals surface area (Å²) in [5.74, 6) is -0.0662. The minimum Gasteiger partial charge on any atom is -0.379 e. The van der Waals surface area contributed by atoms with Gasteiger partial charge in [-0.2, -0.15) is 0 Å². The van der Waals surface area contributed by atoms with Gasteiger partial charge in [0.2, 0.25) is 11.8 Å². The Morgan fingerprint density at radius 1 is 1.16 bits per heavy atom. The summed E-state index contributed by atoms with van der Waals surface area (Å²) in [6.07, 6.45) is 6.84. The SMILES string of the molecule is CC(C)(NC(=O)Cc1ccccc1)C(=O)N1CCOC[C@@H](Cc2ccc3nccn3c2)C1. The number of fused-ring (bicyclic) bond motifs is 1. The highest BCUT2D eigenvalue weighted by Crippen LogP contribution is 2.18. The number of carbonyl (C=O) groups excluding carboxylic acids is 2. The van der Waals surface area contributed by atoms with Crippen LogP contribution >= 0.6 is 0 Å². The summed E-state index contributed by atoms with van der Waals surface area (Å²) in [6, 6.07) is 13.6. The number of pyridine rings is 1. The summed E-state index contributed by atoms with van der Waals surface area (Å²) < 4.78 is 7.81. The Kier molecular flexibility index (Phi) is 6.55. The number of aromatic nitrogens is 2. The van der Waals surface area contributed by atoms with Gasteiger partial charge in [-0.3, -0.25) is 9.59 Å². The maximum absolute atomic E-state index is 13.3. The first kappa shape index (κ1) is 22.0. The van der Waals surface area contributed by atoms with Gasteiger partial charge in [0.05, 0.1) is 19.6 Å². The van der Waals surface area contributed by atoms with E-state index in [9.17, 15) is 9.59 Å². The maximum atomic E-state index is 13.3. The minimum absolute atomic E-state index is 0.0838. The zero-order valence-corrected chi connectivity index (χ0v) is 18.7. The highest BCUT2D eigenvalue weighted by molar-refractivity contribution is 5.91. The summed E-state index contributed by atoms with van der Waals surface area (Å²) in [6.45, 7) is 5.76. The van der Waals surface area contributed by atoms with Crippen LogP contribution in [-0.2, 0) is 27.2 Å². The molecule has 1 aliphatic rings. The smallest absolute Gasteiger partial charge is 0.247 e. The van der Waals surface area contributed by atoms with Gasteiger partial charge in [-0.05, 0) is 37.5 Å². The van der Waals surface area contributed by atoms with Gasteiger partial charge in [0.25, 0.3) is 0 Å². The molecule has 0 saturated carbocycles. The highest BCUT2D eigenvalue weighted by atomic mass is 16.5. The minimum atomic E-state index is -0.990. The van der Waals surface area contributed by atoms with E-state index in [2.05, 4.69) is 22.6 Å². The van der Waals surface area contributed by atoms with Gasteiger partial charge in [0.15, 0.2) is 0 Å². The first-order valence-corrected chi connectivity index (χ1v) is 11.0. The number of benzene rings is 1. The van der Waals surface area contributed by atoms with Gasteiger partial charge in [0.1, 0.15) is 11.2 Å².